The van der Waals surface area contributed by atoms with E-state index in [1.54, 1.807) is 6.07 Å². The molecule has 0 saturated heterocycles. The molecular weight excluding hydrogens is 232 g/mol. The van der Waals surface area contributed by atoms with Gasteiger partial charge in [-0.3, -0.25) is 10.1 Å². The van der Waals surface area contributed by atoms with Crippen LogP contribution in [-0.2, 0) is 0 Å². The minimum Gasteiger partial charge on any atom is -0.364 e. The maximum absolute atomic E-state index is 10.9. The first-order valence-corrected chi connectivity index (χ1v) is 5.98. The lowest BCUT2D eigenvalue weighted by Crippen LogP contribution is -2.07. The number of anilines is 1. The predicted octanol–water partition coefficient (Wildman–Crippen LogP) is 2.85. The largest absolute Gasteiger partial charge is 0.364 e. The van der Waals surface area contributed by atoms with Gasteiger partial charge in [-0.1, -0.05) is 26.2 Å². The predicted molar refractivity (Wildman–Crippen MR) is 68.2 cm³/mol. The van der Waals surface area contributed by atoms with Crippen LogP contribution in [0.3, 0.4) is 0 Å². The van der Waals surface area contributed by atoms with Crippen LogP contribution in [0.15, 0.2) is 12.3 Å². The van der Waals surface area contributed by atoms with Crippen LogP contribution in [0.25, 0.3) is 0 Å². The zero-order valence-electron chi connectivity index (χ0n) is 10.3. The van der Waals surface area contributed by atoms with Crippen LogP contribution in [0, 0.1) is 21.4 Å². The average Bonchev–Trinajstić information content (AvgIpc) is 2.37. The second-order valence-electron chi connectivity index (χ2n) is 3.91. The SMILES string of the molecule is CCCCCCNc1nccc(C#N)c1[N+](=O)[O-]. The Morgan fingerprint density at radius 3 is 2.89 bits per heavy atom. The standard InChI is InChI=1S/C12H16N4O2/c1-2-3-4-5-7-14-12-11(16(17)18)10(9-13)6-8-15-12/h6,8H,2-5,7H2,1H3,(H,14,15). The number of hydrogen-bond acceptors (Lipinski definition) is 5. The topological polar surface area (TPSA) is 91.8 Å². The highest BCUT2D eigenvalue weighted by molar-refractivity contribution is 5.63. The zero-order chi connectivity index (χ0) is 13.4. The molecule has 1 N–H and O–H groups in total. The second kappa shape index (κ2) is 7.22. The molecule has 0 saturated carbocycles. The monoisotopic (exact) mass is 248 g/mol. The van der Waals surface area contributed by atoms with Crippen LogP contribution in [0.2, 0.25) is 0 Å². The third kappa shape index (κ3) is 3.70. The summed E-state index contributed by atoms with van der Waals surface area (Å²) in [6.07, 6.45) is 5.70. The van der Waals surface area contributed by atoms with Gasteiger partial charge in [0.1, 0.15) is 11.6 Å². The summed E-state index contributed by atoms with van der Waals surface area (Å²) in [5.41, 5.74) is -0.207. The Morgan fingerprint density at radius 1 is 1.50 bits per heavy atom. The summed E-state index contributed by atoms with van der Waals surface area (Å²) in [5, 5.41) is 22.7. The van der Waals surface area contributed by atoms with Crippen molar-refractivity contribution in [1.82, 2.24) is 4.98 Å². The Hall–Kier alpha value is -2.16. The average molecular weight is 248 g/mol. The fourth-order valence-electron chi connectivity index (χ4n) is 1.62. The van der Waals surface area contributed by atoms with Crippen LogP contribution in [0.4, 0.5) is 11.5 Å². The second-order valence-corrected chi connectivity index (χ2v) is 3.91. The first-order valence-electron chi connectivity index (χ1n) is 5.98. The van der Waals surface area contributed by atoms with Crippen molar-refractivity contribution in [2.45, 2.75) is 32.6 Å². The molecule has 0 unspecified atom stereocenters. The highest BCUT2D eigenvalue weighted by atomic mass is 16.6. The van der Waals surface area contributed by atoms with Gasteiger partial charge in [0.2, 0.25) is 5.82 Å². The van der Waals surface area contributed by atoms with Crippen molar-refractivity contribution >= 4 is 11.5 Å². The fourth-order valence-corrected chi connectivity index (χ4v) is 1.62. The lowest BCUT2D eigenvalue weighted by molar-refractivity contribution is -0.384. The summed E-state index contributed by atoms with van der Waals surface area (Å²) < 4.78 is 0. The van der Waals surface area contributed by atoms with Gasteiger partial charge in [0.05, 0.1) is 4.92 Å². The van der Waals surface area contributed by atoms with Gasteiger partial charge in [0.15, 0.2) is 0 Å². The molecule has 1 aromatic rings. The number of nitrogens with one attached hydrogen (secondary N) is 1. The van der Waals surface area contributed by atoms with Crippen molar-refractivity contribution in [3.05, 3.63) is 27.9 Å². The summed E-state index contributed by atoms with van der Waals surface area (Å²) >= 11 is 0. The number of hydrogen-bond donors (Lipinski definition) is 1. The lowest BCUT2D eigenvalue weighted by atomic mass is 10.2. The highest BCUT2D eigenvalue weighted by Crippen LogP contribution is 2.25. The molecule has 0 amide bonds. The number of rotatable bonds is 7. The number of nitro groups is 1. The smallest absolute Gasteiger partial charge is 0.328 e. The third-order valence-electron chi connectivity index (χ3n) is 2.55. The summed E-state index contributed by atoms with van der Waals surface area (Å²) in [7, 11) is 0. The number of nitriles is 1. The van der Waals surface area contributed by atoms with E-state index in [0.29, 0.717) is 6.54 Å². The van der Waals surface area contributed by atoms with Gasteiger partial charge in [0.25, 0.3) is 0 Å². The van der Waals surface area contributed by atoms with E-state index in [4.69, 9.17) is 5.26 Å². The molecule has 0 bridgehead atoms. The van der Waals surface area contributed by atoms with E-state index in [9.17, 15) is 10.1 Å². The molecule has 6 nitrogen and oxygen atoms in total. The molecule has 1 rings (SSSR count). The Kier molecular flexibility index (Phi) is 5.58. The van der Waals surface area contributed by atoms with E-state index in [0.717, 1.165) is 25.7 Å². The number of aromatic nitrogens is 1. The molecule has 1 aromatic heterocycles. The quantitative estimate of drug-likeness (QED) is 0.455. The normalized spacial score (nSPS) is 9.78. The Morgan fingerprint density at radius 2 is 2.28 bits per heavy atom. The molecule has 0 fully saturated rings. The van der Waals surface area contributed by atoms with Gasteiger partial charge in [-0.2, -0.15) is 5.26 Å². The van der Waals surface area contributed by atoms with Crippen molar-refractivity contribution in [2.24, 2.45) is 0 Å². The Balaban J connectivity index is 2.71. The molecule has 6 heteroatoms. The van der Waals surface area contributed by atoms with E-state index in [-0.39, 0.29) is 17.1 Å². The highest BCUT2D eigenvalue weighted by Gasteiger charge is 2.20. The van der Waals surface area contributed by atoms with Crippen molar-refractivity contribution < 1.29 is 4.92 Å². The fraction of sp³-hybridized carbons (Fsp3) is 0.500. The summed E-state index contributed by atoms with van der Waals surface area (Å²) in [4.78, 5) is 14.3. The summed E-state index contributed by atoms with van der Waals surface area (Å²) in [6.45, 7) is 2.75. The van der Waals surface area contributed by atoms with E-state index in [2.05, 4.69) is 17.2 Å². The summed E-state index contributed by atoms with van der Waals surface area (Å²) in [6, 6.07) is 3.15. The molecule has 0 radical (unpaired) electrons. The van der Waals surface area contributed by atoms with Gasteiger partial charge in [0, 0.05) is 12.7 Å². The number of pyridine rings is 1. The molecule has 0 aromatic carbocycles. The molecule has 96 valence electrons. The van der Waals surface area contributed by atoms with Gasteiger partial charge >= 0.3 is 5.69 Å². The first-order chi connectivity index (χ1) is 8.70. The van der Waals surface area contributed by atoms with Gasteiger partial charge in [-0.05, 0) is 12.5 Å². The van der Waals surface area contributed by atoms with E-state index >= 15 is 0 Å². The van der Waals surface area contributed by atoms with Crippen molar-refractivity contribution in [1.29, 1.82) is 5.26 Å². The first kappa shape index (κ1) is 13.9. The third-order valence-corrected chi connectivity index (χ3v) is 2.55. The molecule has 0 atom stereocenters. The number of unbranched alkanes of at least 4 members (excludes halogenated alkanes) is 3. The zero-order valence-corrected chi connectivity index (χ0v) is 10.3. The van der Waals surface area contributed by atoms with Gasteiger partial charge in [-0.25, -0.2) is 4.98 Å². The van der Waals surface area contributed by atoms with Crippen LogP contribution in [-0.4, -0.2) is 16.5 Å². The Labute approximate surface area is 106 Å². The molecule has 0 spiro atoms. The maximum atomic E-state index is 10.9. The molecule has 0 aliphatic heterocycles. The van der Waals surface area contributed by atoms with Crippen LogP contribution >= 0.6 is 0 Å². The van der Waals surface area contributed by atoms with Gasteiger partial charge < -0.3 is 5.32 Å². The minimum absolute atomic E-state index is 0.0334. The molecular formula is C12H16N4O2. The molecule has 18 heavy (non-hydrogen) atoms. The van der Waals surface area contributed by atoms with Crippen molar-refractivity contribution in [3.8, 4) is 6.07 Å². The maximum Gasteiger partial charge on any atom is 0.328 e. The van der Waals surface area contributed by atoms with Gasteiger partial charge in [-0.15, -0.1) is 0 Å². The van der Waals surface area contributed by atoms with E-state index in [1.165, 1.54) is 12.3 Å². The Bertz CT molecular complexity index is 454. The van der Waals surface area contributed by atoms with Crippen LogP contribution in [0.5, 0.6) is 0 Å². The number of nitrogens with zero attached hydrogens (tertiary/aromatic N) is 3. The molecule has 0 aliphatic rings. The molecule has 0 aliphatic carbocycles. The van der Waals surface area contributed by atoms with Crippen molar-refractivity contribution in [3.63, 3.8) is 0 Å². The van der Waals surface area contributed by atoms with E-state index in [1.807, 2.05) is 0 Å². The summed E-state index contributed by atoms with van der Waals surface area (Å²) in [5.74, 6) is 0.176. The molecule has 1 heterocycles. The van der Waals surface area contributed by atoms with E-state index < -0.39 is 4.92 Å². The van der Waals surface area contributed by atoms with Crippen LogP contribution < -0.4 is 5.32 Å². The minimum atomic E-state index is -0.570. The van der Waals surface area contributed by atoms with Crippen molar-refractivity contribution in [2.75, 3.05) is 11.9 Å². The van der Waals surface area contributed by atoms with Crippen LogP contribution in [0.1, 0.15) is 38.2 Å². The lowest BCUT2D eigenvalue weighted by Gasteiger charge is -2.06.